The van der Waals surface area contributed by atoms with Gasteiger partial charge in [-0.3, -0.25) is 9.69 Å². The molecule has 0 fully saturated rings. The third kappa shape index (κ3) is 3.23. The van der Waals surface area contributed by atoms with Gasteiger partial charge in [0.15, 0.2) is 0 Å². The molecule has 0 spiro atoms. The van der Waals surface area contributed by atoms with E-state index < -0.39 is 0 Å². The van der Waals surface area contributed by atoms with Crippen LogP contribution in [-0.2, 0) is 22.6 Å². The zero-order chi connectivity index (χ0) is 17.9. The highest BCUT2D eigenvalue weighted by molar-refractivity contribution is 5.83. The number of H-pyrrole nitrogens is 1. The predicted octanol–water partition coefficient (Wildman–Crippen LogP) is 1.68. The van der Waals surface area contributed by atoms with Gasteiger partial charge < -0.3 is 19.6 Å². The first kappa shape index (κ1) is 16.8. The maximum absolute atomic E-state index is 12.7. The van der Waals surface area contributed by atoms with Crippen molar-refractivity contribution in [3.8, 4) is 0 Å². The number of aromatic amines is 1. The Labute approximate surface area is 152 Å². The van der Waals surface area contributed by atoms with Crippen LogP contribution in [0.15, 0.2) is 43.0 Å². The Morgan fingerprint density at radius 1 is 1.42 bits per heavy atom. The Balaban J connectivity index is 1.53. The van der Waals surface area contributed by atoms with E-state index in [4.69, 9.17) is 4.74 Å². The summed E-state index contributed by atoms with van der Waals surface area (Å²) in [6.45, 7) is 3.25. The van der Waals surface area contributed by atoms with Gasteiger partial charge in [0.1, 0.15) is 6.04 Å². The fraction of sp³-hybridized carbons (Fsp3) is 0.368. The van der Waals surface area contributed by atoms with Crippen molar-refractivity contribution < 1.29 is 9.53 Å². The largest absolute Gasteiger partial charge is 0.383 e. The zero-order valence-electron chi connectivity index (χ0n) is 14.8. The molecule has 0 unspecified atom stereocenters. The van der Waals surface area contributed by atoms with Crippen LogP contribution < -0.4 is 5.32 Å². The second kappa shape index (κ2) is 7.31. The minimum Gasteiger partial charge on any atom is -0.383 e. The summed E-state index contributed by atoms with van der Waals surface area (Å²) < 4.78 is 7.00. The fourth-order valence-corrected chi connectivity index (χ4v) is 3.61. The number of hydrogen-bond donors (Lipinski definition) is 2. The first-order chi connectivity index (χ1) is 12.8. The van der Waals surface area contributed by atoms with Gasteiger partial charge in [-0.2, -0.15) is 0 Å². The molecule has 7 nitrogen and oxygen atoms in total. The van der Waals surface area contributed by atoms with Gasteiger partial charge in [-0.05, 0) is 17.7 Å². The van der Waals surface area contributed by atoms with Crippen molar-refractivity contribution >= 4 is 16.8 Å². The normalized spacial score (nSPS) is 17.3. The molecule has 0 radical (unpaired) electrons. The van der Waals surface area contributed by atoms with Crippen LogP contribution in [0, 0.1) is 0 Å². The van der Waals surface area contributed by atoms with E-state index in [0.29, 0.717) is 19.7 Å². The zero-order valence-corrected chi connectivity index (χ0v) is 14.8. The SMILES string of the molecule is COCCNC(=O)[C@H]1CN(Cc2cccc3[nH]ccc23)Cc2cncn21. The van der Waals surface area contributed by atoms with Crippen LogP contribution in [0.3, 0.4) is 0 Å². The van der Waals surface area contributed by atoms with E-state index >= 15 is 0 Å². The molecule has 1 amide bonds. The molecule has 1 atom stereocenters. The number of nitrogens with one attached hydrogen (secondary N) is 2. The lowest BCUT2D eigenvalue weighted by atomic mass is 10.1. The van der Waals surface area contributed by atoms with Gasteiger partial charge in [0, 0.05) is 56.6 Å². The number of methoxy groups -OCH3 is 1. The van der Waals surface area contributed by atoms with Gasteiger partial charge in [-0.1, -0.05) is 12.1 Å². The summed E-state index contributed by atoms with van der Waals surface area (Å²) in [5.41, 5.74) is 3.46. The number of rotatable bonds is 6. The molecule has 3 heterocycles. The van der Waals surface area contributed by atoms with Gasteiger partial charge in [0.2, 0.25) is 5.91 Å². The maximum Gasteiger partial charge on any atom is 0.244 e. The molecule has 0 bridgehead atoms. The lowest BCUT2D eigenvalue weighted by molar-refractivity contribution is -0.125. The first-order valence-electron chi connectivity index (χ1n) is 8.81. The maximum atomic E-state index is 12.7. The van der Waals surface area contributed by atoms with Crippen LogP contribution in [0.4, 0.5) is 0 Å². The molecule has 4 rings (SSSR count). The number of nitrogens with zero attached hydrogens (tertiary/aromatic N) is 3. The molecule has 1 aromatic carbocycles. The van der Waals surface area contributed by atoms with Crippen molar-refractivity contribution in [3.05, 3.63) is 54.2 Å². The molecule has 136 valence electrons. The fourth-order valence-electron chi connectivity index (χ4n) is 3.61. The molecule has 3 aromatic rings. The van der Waals surface area contributed by atoms with E-state index in [1.54, 1.807) is 13.4 Å². The average Bonchev–Trinajstić information content (AvgIpc) is 3.30. The molecule has 2 aromatic heterocycles. The molecule has 7 heteroatoms. The summed E-state index contributed by atoms with van der Waals surface area (Å²) >= 11 is 0. The van der Waals surface area contributed by atoms with Gasteiger partial charge in [0.25, 0.3) is 0 Å². The molecule has 0 saturated carbocycles. The summed E-state index contributed by atoms with van der Waals surface area (Å²) in [7, 11) is 1.63. The third-order valence-corrected chi connectivity index (χ3v) is 4.89. The van der Waals surface area contributed by atoms with E-state index in [1.807, 2.05) is 17.0 Å². The number of amides is 1. The Hall–Kier alpha value is -2.64. The van der Waals surface area contributed by atoms with Crippen LogP contribution in [0.2, 0.25) is 0 Å². The van der Waals surface area contributed by atoms with Crippen molar-refractivity contribution in [2.45, 2.75) is 19.1 Å². The summed E-state index contributed by atoms with van der Waals surface area (Å²) in [6.07, 6.45) is 5.56. The number of imidazole rings is 1. The molecule has 2 N–H and O–H groups in total. The Kier molecular flexibility index (Phi) is 4.73. The monoisotopic (exact) mass is 353 g/mol. The molecule has 26 heavy (non-hydrogen) atoms. The standard InChI is InChI=1S/C19H23N5O2/c1-26-8-7-22-19(25)18-12-23(11-15-9-20-13-24(15)18)10-14-3-2-4-17-16(14)5-6-21-17/h2-6,9,13,18,21H,7-8,10-12H2,1H3,(H,22,25)/t18-/m1/s1. The van der Waals surface area contributed by atoms with Crippen molar-refractivity contribution in [2.75, 3.05) is 26.8 Å². The average molecular weight is 353 g/mol. The molecule has 1 aliphatic heterocycles. The smallest absolute Gasteiger partial charge is 0.244 e. The van der Waals surface area contributed by atoms with E-state index in [1.165, 1.54) is 10.9 Å². The van der Waals surface area contributed by atoms with E-state index in [2.05, 4.69) is 44.5 Å². The summed E-state index contributed by atoms with van der Waals surface area (Å²) in [5.74, 6) is 0.00542. The Bertz CT molecular complexity index is 900. The van der Waals surface area contributed by atoms with Crippen molar-refractivity contribution in [3.63, 3.8) is 0 Å². The van der Waals surface area contributed by atoms with Crippen molar-refractivity contribution in [2.24, 2.45) is 0 Å². The quantitative estimate of drug-likeness (QED) is 0.661. The molecule has 0 aliphatic carbocycles. The third-order valence-electron chi connectivity index (χ3n) is 4.89. The first-order valence-corrected chi connectivity index (χ1v) is 8.81. The number of aromatic nitrogens is 3. The van der Waals surface area contributed by atoms with E-state index in [9.17, 15) is 4.79 Å². The van der Waals surface area contributed by atoms with Gasteiger partial charge in [0.05, 0.1) is 18.6 Å². The number of carbonyl (C=O) groups is 1. The second-order valence-corrected chi connectivity index (χ2v) is 6.62. The number of benzene rings is 1. The summed E-state index contributed by atoms with van der Waals surface area (Å²) in [6, 6.07) is 8.13. The number of carbonyl (C=O) groups excluding carboxylic acids is 1. The van der Waals surface area contributed by atoms with Gasteiger partial charge >= 0.3 is 0 Å². The summed E-state index contributed by atoms with van der Waals surface area (Å²) in [4.78, 5) is 22.5. The van der Waals surface area contributed by atoms with Gasteiger partial charge in [-0.15, -0.1) is 0 Å². The van der Waals surface area contributed by atoms with Crippen molar-refractivity contribution in [1.29, 1.82) is 0 Å². The molecular formula is C19H23N5O2. The van der Waals surface area contributed by atoms with Crippen LogP contribution in [0.25, 0.3) is 10.9 Å². The highest BCUT2D eigenvalue weighted by Crippen LogP contribution is 2.25. The number of ether oxygens (including phenoxy) is 1. The lowest BCUT2D eigenvalue weighted by Gasteiger charge is -2.33. The Morgan fingerprint density at radius 2 is 2.35 bits per heavy atom. The van der Waals surface area contributed by atoms with Crippen LogP contribution in [-0.4, -0.2) is 52.1 Å². The van der Waals surface area contributed by atoms with Crippen LogP contribution in [0.1, 0.15) is 17.3 Å². The topological polar surface area (TPSA) is 75.2 Å². The minimum absolute atomic E-state index is 0.00542. The van der Waals surface area contributed by atoms with Crippen LogP contribution >= 0.6 is 0 Å². The lowest BCUT2D eigenvalue weighted by Crippen LogP contribution is -2.44. The highest BCUT2D eigenvalue weighted by Gasteiger charge is 2.30. The molecule has 0 saturated heterocycles. The Morgan fingerprint density at radius 3 is 3.23 bits per heavy atom. The predicted molar refractivity (Wildman–Crippen MR) is 98.6 cm³/mol. The van der Waals surface area contributed by atoms with Gasteiger partial charge in [-0.25, -0.2) is 4.98 Å². The van der Waals surface area contributed by atoms with Crippen molar-refractivity contribution in [1.82, 2.24) is 24.8 Å². The van der Waals surface area contributed by atoms with E-state index in [-0.39, 0.29) is 11.9 Å². The summed E-state index contributed by atoms with van der Waals surface area (Å²) in [5, 5.41) is 4.18. The minimum atomic E-state index is -0.275. The van der Waals surface area contributed by atoms with Crippen LogP contribution in [0.5, 0.6) is 0 Å². The number of fused-ring (bicyclic) bond motifs is 2. The van der Waals surface area contributed by atoms with E-state index in [0.717, 1.165) is 24.3 Å². The second-order valence-electron chi connectivity index (χ2n) is 6.62. The molecular weight excluding hydrogens is 330 g/mol. The molecule has 1 aliphatic rings. The highest BCUT2D eigenvalue weighted by atomic mass is 16.5. The number of hydrogen-bond acceptors (Lipinski definition) is 4.